The van der Waals surface area contributed by atoms with Gasteiger partial charge < -0.3 is 0 Å². The molecule has 0 saturated heterocycles. The van der Waals surface area contributed by atoms with E-state index in [4.69, 9.17) is 0 Å². The maximum Gasteiger partial charge on any atom is 0.165 e. The quantitative estimate of drug-likeness (QED) is 0.572. The highest BCUT2D eigenvalue weighted by atomic mass is 16.1. The second-order valence-electron chi connectivity index (χ2n) is 6.13. The molecule has 21 heavy (non-hydrogen) atoms. The van der Waals surface area contributed by atoms with E-state index in [-0.39, 0.29) is 11.7 Å². The molecule has 1 fully saturated rings. The average Bonchev–Trinajstić information content (AvgIpc) is 2.51. The number of carbonyl (C=O) groups excluding carboxylic acids is 1. The van der Waals surface area contributed by atoms with E-state index in [1.165, 1.54) is 37.7 Å². The van der Waals surface area contributed by atoms with E-state index < -0.39 is 0 Å². The van der Waals surface area contributed by atoms with Crippen LogP contribution in [0.1, 0.15) is 82.6 Å². The Labute approximate surface area is 132 Å². The SMILES string of the molecule is CC.CC1CCCCC1.Cc1ccc(C(=O)C(C)C)cc1. The number of rotatable bonds is 2. The summed E-state index contributed by atoms with van der Waals surface area (Å²) in [5.41, 5.74) is 2.01. The van der Waals surface area contributed by atoms with Crippen LogP contribution >= 0.6 is 0 Å². The number of hydrogen-bond donors (Lipinski definition) is 0. The molecule has 2 rings (SSSR count). The third-order valence-electron chi connectivity index (χ3n) is 3.75. The maximum absolute atomic E-state index is 11.5. The molecule has 0 aromatic heterocycles. The Balaban J connectivity index is 0.000000377. The summed E-state index contributed by atoms with van der Waals surface area (Å²) in [5, 5.41) is 0. The molecule has 1 aliphatic carbocycles. The van der Waals surface area contributed by atoms with Crippen LogP contribution in [0.25, 0.3) is 0 Å². The van der Waals surface area contributed by atoms with E-state index in [0.717, 1.165) is 11.5 Å². The number of benzene rings is 1. The molecule has 0 unspecified atom stereocenters. The minimum Gasteiger partial charge on any atom is -0.294 e. The lowest BCUT2D eigenvalue weighted by Gasteiger charge is -2.15. The van der Waals surface area contributed by atoms with Crippen molar-refractivity contribution in [3.05, 3.63) is 35.4 Å². The lowest BCUT2D eigenvalue weighted by molar-refractivity contribution is 0.0939. The van der Waals surface area contributed by atoms with Gasteiger partial charge in [-0.15, -0.1) is 0 Å². The fourth-order valence-corrected chi connectivity index (χ4v) is 2.36. The summed E-state index contributed by atoms with van der Waals surface area (Å²) in [6.45, 7) is 12.2. The Hall–Kier alpha value is -1.11. The molecular formula is C20H34O. The smallest absolute Gasteiger partial charge is 0.165 e. The zero-order chi connectivity index (χ0) is 16.3. The molecule has 0 amide bonds. The molecule has 1 nitrogen and oxygen atoms in total. The Kier molecular flexibility index (Phi) is 10.9. The van der Waals surface area contributed by atoms with Gasteiger partial charge in [0.15, 0.2) is 5.78 Å². The van der Waals surface area contributed by atoms with Gasteiger partial charge >= 0.3 is 0 Å². The monoisotopic (exact) mass is 290 g/mol. The average molecular weight is 290 g/mol. The number of aryl methyl sites for hydroxylation is 1. The zero-order valence-corrected chi connectivity index (χ0v) is 14.9. The van der Waals surface area contributed by atoms with E-state index in [0.29, 0.717) is 0 Å². The van der Waals surface area contributed by atoms with E-state index in [1.54, 1.807) is 0 Å². The second-order valence-corrected chi connectivity index (χ2v) is 6.13. The van der Waals surface area contributed by atoms with E-state index in [9.17, 15) is 4.79 Å². The van der Waals surface area contributed by atoms with Crippen molar-refractivity contribution in [1.82, 2.24) is 0 Å². The molecule has 1 heteroatoms. The highest BCUT2D eigenvalue weighted by Gasteiger charge is 2.08. The Bertz CT molecular complexity index is 369. The highest BCUT2D eigenvalue weighted by molar-refractivity contribution is 5.97. The van der Waals surface area contributed by atoms with Crippen molar-refractivity contribution in [2.24, 2.45) is 11.8 Å². The summed E-state index contributed by atoms with van der Waals surface area (Å²) in [7, 11) is 0. The summed E-state index contributed by atoms with van der Waals surface area (Å²) in [6.07, 6.45) is 7.44. The third kappa shape index (κ3) is 8.70. The van der Waals surface area contributed by atoms with Gasteiger partial charge in [0.25, 0.3) is 0 Å². The first kappa shape index (κ1) is 19.9. The molecule has 1 aliphatic rings. The van der Waals surface area contributed by atoms with Gasteiger partial charge in [-0.3, -0.25) is 4.79 Å². The van der Waals surface area contributed by atoms with Crippen molar-refractivity contribution >= 4 is 5.78 Å². The van der Waals surface area contributed by atoms with E-state index in [1.807, 2.05) is 58.9 Å². The fourth-order valence-electron chi connectivity index (χ4n) is 2.36. The normalized spacial score (nSPS) is 14.6. The van der Waals surface area contributed by atoms with Gasteiger partial charge in [0.05, 0.1) is 0 Å². The fraction of sp³-hybridized carbons (Fsp3) is 0.650. The summed E-state index contributed by atoms with van der Waals surface area (Å²) in [5.74, 6) is 1.34. The minimum absolute atomic E-state index is 0.0905. The van der Waals surface area contributed by atoms with Crippen molar-refractivity contribution in [2.45, 2.75) is 73.6 Å². The number of Topliss-reactive ketones (excluding diaryl/α,β-unsaturated/α-hetero) is 1. The first-order valence-corrected chi connectivity index (χ1v) is 8.61. The molecule has 0 bridgehead atoms. The molecule has 0 atom stereocenters. The first-order chi connectivity index (χ1) is 10.0. The van der Waals surface area contributed by atoms with E-state index in [2.05, 4.69) is 6.92 Å². The predicted molar refractivity (Wildman–Crippen MR) is 93.9 cm³/mol. The van der Waals surface area contributed by atoms with Crippen LogP contribution in [0.2, 0.25) is 0 Å². The Morgan fingerprint density at radius 1 is 1.00 bits per heavy atom. The lowest BCUT2D eigenvalue weighted by Crippen LogP contribution is -2.06. The third-order valence-corrected chi connectivity index (χ3v) is 3.75. The molecule has 1 aromatic carbocycles. The molecule has 120 valence electrons. The van der Waals surface area contributed by atoms with Gasteiger partial charge in [-0.05, 0) is 12.8 Å². The molecule has 0 aliphatic heterocycles. The molecule has 0 radical (unpaired) electrons. The highest BCUT2D eigenvalue weighted by Crippen LogP contribution is 2.22. The van der Waals surface area contributed by atoms with Crippen LogP contribution in [-0.2, 0) is 0 Å². The minimum atomic E-state index is 0.0905. The van der Waals surface area contributed by atoms with Crippen LogP contribution in [0.3, 0.4) is 0 Å². The molecule has 1 saturated carbocycles. The predicted octanol–water partition coefficient (Wildman–Crippen LogP) is 6.45. The molecule has 0 heterocycles. The molecule has 0 N–H and O–H groups in total. The number of carbonyl (C=O) groups is 1. The first-order valence-electron chi connectivity index (χ1n) is 8.61. The zero-order valence-electron chi connectivity index (χ0n) is 14.9. The van der Waals surface area contributed by atoms with Crippen LogP contribution in [0, 0.1) is 18.8 Å². The van der Waals surface area contributed by atoms with Crippen LogP contribution in [0.15, 0.2) is 24.3 Å². The Morgan fingerprint density at radius 2 is 1.48 bits per heavy atom. The van der Waals surface area contributed by atoms with Crippen LogP contribution in [-0.4, -0.2) is 5.78 Å². The van der Waals surface area contributed by atoms with Crippen molar-refractivity contribution in [3.63, 3.8) is 0 Å². The van der Waals surface area contributed by atoms with Gasteiger partial charge in [-0.25, -0.2) is 0 Å². The summed E-state index contributed by atoms with van der Waals surface area (Å²) < 4.78 is 0. The molecular weight excluding hydrogens is 256 g/mol. The van der Waals surface area contributed by atoms with Crippen molar-refractivity contribution < 1.29 is 4.79 Å². The standard InChI is InChI=1S/C11H14O.C7H14.C2H6/c1-8(2)11(12)10-6-4-9(3)5-7-10;1-7-5-3-2-4-6-7;1-2/h4-8H,1-3H3;7H,2-6H2,1H3;1-2H3. The van der Waals surface area contributed by atoms with Crippen molar-refractivity contribution in [3.8, 4) is 0 Å². The van der Waals surface area contributed by atoms with E-state index >= 15 is 0 Å². The van der Waals surface area contributed by atoms with Gasteiger partial charge in [0.1, 0.15) is 0 Å². The van der Waals surface area contributed by atoms with Gasteiger partial charge in [-0.2, -0.15) is 0 Å². The molecule has 1 aromatic rings. The van der Waals surface area contributed by atoms with Gasteiger partial charge in [-0.1, -0.05) is 96.6 Å². The van der Waals surface area contributed by atoms with Gasteiger partial charge in [0, 0.05) is 11.5 Å². The van der Waals surface area contributed by atoms with Gasteiger partial charge in [0.2, 0.25) is 0 Å². The Morgan fingerprint density at radius 3 is 1.81 bits per heavy atom. The van der Waals surface area contributed by atoms with Crippen molar-refractivity contribution in [1.29, 1.82) is 0 Å². The summed E-state index contributed by atoms with van der Waals surface area (Å²) in [4.78, 5) is 11.5. The molecule has 0 spiro atoms. The second kappa shape index (κ2) is 11.5. The number of ketones is 1. The van der Waals surface area contributed by atoms with Crippen LogP contribution in [0.4, 0.5) is 0 Å². The largest absolute Gasteiger partial charge is 0.294 e. The van der Waals surface area contributed by atoms with Crippen LogP contribution in [0.5, 0.6) is 0 Å². The number of hydrogen-bond acceptors (Lipinski definition) is 1. The summed E-state index contributed by atoms with van der Waals surface area (Å²) in [6, 6.07) is 7.71. The maximum atomic E-state index is 11.5. The van der Waals surface area contributed by atoms with Crippen molar-refractivity contribution in [2.75, 3.05) is 0 Å². The lowest BCUT2D eigenvalue weighted by atomic mass is 9.91. The topological polar surface area (TPSA) is 17.1 Å². The summed E-state index contributed by atoms with van der Waals surface area (Å²) >= 11 is 0. The van der Waals surface area contributed by atoms with Crippen LogP contribution < -0.4 is 0 Å².